The fourth-order valence-corrected chi connectivity index (χ4v) is 2.05. The number of aromatic nitrogens is 4. The molecule has 84 valence electrons. The topological polar surface area (TPSA) is 43.6 Å². The third-order valence-corrected chi connectivity index (χ3v) is 3.12. The maximum Gasteiger partial charge on any atom is 0.134 e. The summed E-state index contributed by atoms with van der Waals surface area (Å²) < 4.78 is 2.93. The zero-order valence-corrected chi connectivity index (χ0v) is 10.7. The minimum Gasteiger partial charge on any atom is -0.231 e. The molecule has 0 aliphatic rings. The summed E-state index contributed by atoms with van der Waals surface area (Å²) in [7, 11) is 0. The van der Waals surface area contributed by atoms with Crippen molar-refractivity contribution < 1.29 is 0 Å². The summed E-state index contributed by atoms with van der Waals surface area (Å²) in [5.41, 5.74) is 3.71. The van der Waals surface area contributed by atoms with Gasteiger partial charge in [0, 0.05) is 4.47 Å². The van der Waals surface area contributed by atoms with Gasteiger partial charge >= 0.3 is 0 Å². The van der Waals surface area contributed by atoms with E-state index in [0.717, 1.165) is 26.9 Å². The van der Waals surface area contributed by atoms with Crippen molar-refractivity contribution in [2.24, 2.45) is 0 Å². The molecule has 4 nitrogen and oxygen atoms in total. The Kier molecular flexibility index (Phi) is 2.40. The van der Waals surface area contributed by atoms with E-state index in [2.05, 4.69) is 31.2 Å². The van der Waals surface area contributed by atoms with E-state index >= 15 is 0 Å². The molecule has 0 bridgehead atoms. The van der Waals surface area contributed by atoms with E-state index in [1.807, 2.05) is 41.9 Å². The first kappa shape index (κ1) is 10.4. The van der Waals surface area contributed by atoms with Gasteiger partial charge in [-0.05, 0) is 37.3 Å². The van der Waals surface area contributed by atoms with Crippen LogP contribution >= 0.6 is 15.9 Å². The van der Waals surface area contributed by atoms with Crippen LogP contribution in [-0.2, 0) is 0 Å². The summed E-state index contributed by atoms with van der Waals surface area (Å²) in [4.78, 5) is 0. The van der Waals surface area contributed by atoms with Crippen LogP contribution in [0.15, 0.2) is 41.0 Å². The molecular weight excluding hydrogens is 280 g/mol. The average Bonchev–Trinajstić information content (AvgIpc) is 2.69. The molecule has 0 aliphatic heterocycles. The first-order chi connectivity index (χ1) is 8.25. The molecule has 3 rings (SSSR count). The Morgan fingerprint density at radius 2 is 1.88 bits per heavy atom. The van der Waals surface area contributed by atoms with Crippen LogP contribution in [0, 0.1) is 6.92 Å². The SMILES string of the molecule is Cc1nn(-c2ccc(Br)cc2)c2ccnnc12. The number of aryl methyl sites for hydroxylation is 1. The maximum atomic E-state index is 4.49. The van der Waals surface area contributed by atoms with Crippen LogP contribution < -0.4 is 0 Å². The van der Waals surface area contributed by atoms with Crippen LogP contribution in [0.3, 0.4) is 0 Å². The number of nitrogens with zero attached hydrogens (tertiary/aromatic N) is 4. The van der Waals surface area contributed by atoms with Crippen LogP contribution in [0.1, 0.15) is 5.69 Å². The van der Waals surface area contributed by atoms with Gasteiger partial charge in [0.2, 0.25) is 0 Å². The molecule has 0 fully saturated rings. The lowest BCUT2D eigenvalue weighted by atomic mass is 10.3. The normalized spacial score (nSPS) is 10.9. The molecule has 3 aromatic rings. The Balaban J connectivity index is 2.27. The van der Waals surface area contributed by atoms with Crippen molar-refractivity contribution in [2.75, 3.05) is 0 Å². The van der Waals surface area contributed by atoms with Crippen LogP contribution in [-0.4, -0.2) is 20.0 Å². The van der Waals surface area contributed by atoms with E-state index in [-0.39, 0.29) is 0 Å². The van der Waals surface area contributed by atoms with Gasteiger partial charge < -0.3 is 0 Å². The van der Waals surface area contributed by atoms with Crippen molar-refractivity contribution in [1.82, 2.24) is 20.0 Å². The molecule has 0 saturated carbocycles. The molecule has 0 aliphatic carbocycles. The van der Waals surface area contributed by atoms with E-state index in [4.69, 9.17) is 0 Å². The average molecular weight is 289 g/mol. The van der Waals surface area contributed by atoms with Crippen LogP contribution in [0.5, 0.6) is 0 Å². The summed E-state index contributed by atoms with van der Waals surface area (Å²) in [6.07, 6.45) is 1.68. The first-order valence-electron chi connectivity index (χ1n) is 5.18. The van der Waals surface area contributed by atoms with Gasteiger partial charge in [-0.15, -0.1) is 5.10 Å². The van der Waals surface area contributed by atoms with Gasteiger partial charge in [0.1, 0.15) is 5.52 Å². The van der Waals surface area contributed by atoms with E-state index < -0.39 is 0 Å². The summed E-state index contributed by atoms with van der Waals surface area (Å²) in [5, 5.41) is 12.5. The van der Waals surface area contributed by atoms with Crippen molar-refractivity contribution in [1.29, 1.82) is 0 Å². The van der Waals surface area contributed by atoms with Crippen molar-refractivity contribution in [3.05, 3.63) is 46.7 Å². The molecule has 2 aromatic heterocycles. The lowest BCUT2D eigenvalue weighted by Crippen LogP contribution is -1.96. The van der Waals surface area contributed by atoms with Gasteiger partial charge in [-0.3, -0.25) is 0 Å². The number of rotatable bonds is 1. The molecule has 0 amide bonds. The monoisotopic (exact) mass is 288 g/mol. The highest BCUT2D eigenvalue weighted by Crippen LogP contribution is 2.20. The lowest BCUT2D eigenvalue weighted by molar-refractivity contribution is 0.888. The van der Waals surface area contributed by atoms with Gasteiger partial charge in [0.25, 0.3) is 0 Å². The van der Waals surface area contributed by atoms with Gasteiger partial charge in [-0.1, -0.05) is 15.9 Å². The first-order valence-corrected chi connectivity index (χ1v) is 5.98. The summed E-state index contributed by atoms with van der Waals surface area (Å²) in [6, 6.07) is 9.93. The highest BCUT2D eigenvalue weighted by atomic mass is 79.9. The summed E-state index contributed by atoms with van der Waals surface area (Å²) in [6.45, 7) is 1.94. The van der Waals surface area contributed by atoms with Crippen LogP contribution in [0.2, 0.25) is 0 Å². The smallest absolute Gasteiger partial charge is 0.134 e. The summed E-state index contributed by atoms with van der Waals surface area (Å²) in [5.74, 6) is 0. The Bertz CT molecular complexity index is 673. The summed E-state index contributed by atoms with van der Waals surface area (Å²) >= 11 is 3.42. The lowest BCUT2D eigenvalue weighted by Gasteiger charge is -2.02. The van der Waals surface area contributed by atoms with Crippen molar-refractivity contribution in [3.8, 4) is 5.69 Å². The highest BCUT2D eigenvalue weighted by Gasteiger charge is 2.09. The standard InChI is InChI=1S/C12H9BrN4/c1-8-12-11(6-7-14-15-12)17(16-8)10-4-2-9(13)3-5-10/h2-7H,1H3. The second-order valence-electron chi connectivity index (χ2n) is 3.74. The Morgan fingerprint density at radius 3 is 2.65 bits per heavy atom. The van der Waals surface area contributed by atoms with Gasteiger partial charge in [0.15, 0.2) is 0 Å². The van der Waals surface area contributed by atoms with Crippen molar-refractivity contribution in [2.45, 2.75) is 6.92 Å². The van der Waals surface area contributed by atoms with Crippen LogP contribution in [0.4, 0.5) is 0 Å². The fraction of sp³-hybridized carbons (Fsp3) is 0.0833. The zero-order chi connectivity index (χ0) is 11.8. The Hall–Kier alpha value is -1.75. The molecule has 0 atom stereocenters. The van der Waals surface area contributed by atoms with E-state index in [0.29, 0.717) is 0 Å². The Labute approximate surface area is 106 Å². The molecule has 0 spiro atoms. The minimum atomic E-state index is 0.843. The predicted molar refractivity (Wildman–Crippen MR) is 69.1 cm³/mol. The zero-order valence-electron chi connectivity index (χ0n) is 9.13. The van der Waals surface area contributed by atoms with Crippen LogP contribution in [0.25, 0.3) is 16.7 Å². The third-order valence-electron chi connectivity index (χ3n) is 2.59. The van der Waals surface area contributed by atoms with Crippen molar-refractivity contribution in [3.63, 3.8) is 0 Å². The molecule has 5 heteroatoms. The number of hydrogen-bond donors (Lipinski definition) is 0. The molecule has 0 saturated heterocycles. The molecular formula is C12H9BrN4. The quantitative estimate of drug-likeness (QED) is 0.692. The van der Waals surface area contributed by atoms with Gasteiger partial charge in [-0.2, -0.15) is 10.2 Å². The Morgan fingerprint density at radius 1 is 1.12 bits per heavy atom. The maximum absolute atomic E-state index is 4.49. The molecule has 0 unspecified atom stereocenters. The number of hydrogen-bond acceptors (Lipinski definition) is 3. The molecule has 0 N–H and O–H groups in total. The van der Waals surface area contributed by atoms with E-state index in [1.165, 1.54) is 0 Å². The fourth-order valence-electron chi connectivity index (χ4n) is 1.78. The molecule has 17 heavy (non-hydrogen) atoms. The molecule has 1 aromatic carbocycles. The third kappa shape index (κ3) is 1.72. The second-order valence-corrected chi connectivity index (χ2v) is 4.65. The largest absolute Gasteiger partial charge is 0.231 e. The minimum absolute atomic E-state index is 0.843. The molecule has 0 radical (unpaired) electrons. The van der Waals surface area contributed by atoms with Crippen molar-refractivity contribution >= 4 is 27.0 Å². The van der Waals surface area contributed by atoms with E-state index in [1.54, 1.807) is 6.20 Å². The molecule has 2 heterocycles. The number of fused-ring (bicyclic) bond motifs is 1. The van der Waals surface area contributed by atoms with Gasteiger partial charge in [-0.25, -0.2) is 4.68 Å². The van der Waals surface area contributed by atoms with E-state index in [9.17, 15) is 0 Å². The number of halogens is 1. The predicted octanol–water partition coefficient (Wildman–Crippen LogP) is 2.89. The second kappa shape index (κ2) is 3.92. The highest BCUT2D eigenvalue weighted by molar-refractivity contribution is 9.10. The van der Waals surface area contributed by atoms with Gasteiger partial charge in [0.05, 0.1) is 23.1 Å². The number of benzene rings is 1.